The predicted molar refractivity (Wildman–Crippen MR) is 74.8 cm³/mol. The molecule has 0 radical (unpaired) electrons. The maximum Gasteiger partial charge on any atom is 0.518 e. The summed E-state index contributed by atoms with van der Waals surface area (Å²) in [5, 5.41) is 9.39. The zero-order valence-corrected chi connectivity index (χ0v) is 11.8. The van der Waals surface area contributed by atoms with E-state index in [4.69, 9.17) is 0 Å². The van der Waals surface area contributed by atoms with Gasteiger partial charge in [-0.2, -0.15) is 9.28 Å². The largest absolute Gasteiger partial charge is 0.518 e. The van der Waals surface area contributed by atoms with Gasteiger partial charge < -0.3 is 10.0 Å². The Hall–Kier alpha value is -1.39. The van der Waals surface area contributed by atoms with Crippen LogP contribution in [0.1, 0.15) is 25.5 Å². The molecule has 1 N–H and O–H groups in total. The highest BCUT2D eigenvalue weighted by Gasteiger charge is 2.32. The second-order valence-electron chi connectivity index (χ2n) is 5.02. The van der Waals surface area contributed by atoms with Crippen LogP contribution in [-0.2, 0) is 0 Å². The van der Waals surface area contributed by atoms with Crippen molar-refractivity contribution in [1.29, 1.82) is 0 Å². The highest BCUT2D eigenvalue weighted by Crippen LogP contribution is 2.26. The summed E-state index contributed by atoms with van der Waals surface area (Å²) < 4.78 is -0.0893. The molecule has 18 heavy (non-hydrogen) atoms. The number of hydrogen-bond donors (Lipinski definition) is 1. The Morgan fingerprint density at radius 3 is 2.50 bits per heavy atom. The fourth-order valence-corrected chi connectivity index (χ4v) is 1.82. The Labute approximate surface area is 109 Å². The first-order chi connectivity index (χ1) is 8.32. The van der Waals surface area contributed by atoms with Gasteiger partial charge in [-0.05, 0) is 39.6 Å². The average Bonchev–Trinajstić information content (AvgIpc) is 2.36. The van der Waals surface area contributed by atoms with Gasteiger partial charge in [0.2, 0.25) is 0 Å². The number of rotatable bonds is 4. The molecule has 0 aromatic heterocycles. The third kappa shape index (κ3) is 2.71. The van der Waals surface area contributed by atoms with Crippen LogP contribution in [0.5, 0.6) is 0 Å². The molecule has 0 aliphatic rings. The topological polar surface area (TPSA) is 40.5 Å². The highest BCUT2D eigenvalue weighted by molar-refractivity contribution is 5.80. The summed E-state index contributed by atoms with van der Waals surface area (Å²) in [6, 6.07) is 8.10. The van der Waals surface area contributed by atoms with E-state index in [9.17, 15) is 9.90 Å². The molecule has 0 bridgehead atoms. The number of carboxylic acid groups (broad SMARTS) is 1. The van der Waals surface area contributed by atoms with Crippen LogP contribution in [0.25, 0.3) is 0 Å². The number of hydrogen-bond acceptors (Lipinski definition) is 2. The van der Waals surface area contributed by atoms with Gasteiger partial charge in [-0.1, -0.05) is 12.1 Å². The van der Waals surface area contributed by atoms with Crippen molar-refractivity contribution in [2.75, 3.05) is 27.7 Å². The SMILES string of the molecule is CC[N@@+](C)(C(=O)O)c1cccc(C(C)N(C)C)c1. The van der Waals surface area contributed by atoms with Crippen LogP contribution in [0, 0.1) is 0 Å². The predicted octanol–water partition coefficient (Wildman–Crippen LogP) is 2.94. The Morgan fingerprint density at radius 1 is 1.44 bits per heavy atom. The van der Waals surface area contributed by atoms with E-state index in [0.717, 1.165) is 11.3 Å². The molecule has 0 spiro atoms. The van der Waals surface area contributed by atoms with Crippen LogP contribution in [0.15, 0.2) is 24.3 Å². The quantitative estimate of drug-likeness (QED) is 0.836. The number of amides is 1. The van der Waals surface area contributed by atoms with Crippen LogP contribution < -0.4 is 4.48 Å². The van der Waals surface area contributed by atoms with Crippen molar-refractivity contribution in [3.63, 3.8) is 0 Å². The second-order valence-corrected chi connectivity index (χ2v) is 5.02. The zero-order valence-electron chi connectivity index (χ0n) is 11.8. The lowest BCUT2D eigenvalue weighted by molar-refractivity contribution is 0.158. The minimum atomic E-state index is -0.827. The van der Waals surface area contributed by atoms with E-state index in [1.54, 1.807) is 7.05 Å². The van der Waals surface area contributed by atoms with Crippen LogP contribution in [-0.4, -0.2) is 43.8 Å². The van der Waals surface area contributed by atoms with Crippen molar-refractivity contribution < 1.29 is 9.90 Å². The van der Waals surface area contributed by atoms with Crippen molar-refractivity contribution >= 4 is 11.8 Å². The van der Waals surface area contributed by atoms with Gasteiger partial charge in [-0.15, -0.1) is 0 Å². The summed E-state index contributed by atoms with van der Waals surface area (Å²) in [5.74, 6) is 0. The van der Waals surface area contributed by atoms with Gasteiger partial charge in [0.25, 0.3) is 0 Å². The molecule has 0 fully saturated rings. The number of carbonyl (C=O) groups is 1. The minimum absolute atomic E-state index is 0.0893. The monoisotopic (exact) mass is 251 g/mol. The lowest BCUT2D eigenvalue weighted by atomic mass is 10.1. The zero-order chi connectivity index (χ0) is 13.9. The van der Waals surface area contributed by atoms with Gasteiger partial charge in [0.1, 0.15) is 5.69 Å². The van der Waals surface area contributed by atoms with Crippen LogP contribution in [0.3, 0.4) is 0 Å². The Morgan fingerprint density at radius 2 is 2.06 bits per heavy atom. The first-order valence-corrected chi connectivity index (χ1v) is 6.19. The highest BCUT2D eigenvalue weighted by atomic mass is 16.4. The normalized spacial score (nSPS) is 16.3. The van der Waals surface area contributed by atoms with Crippen molar-refractivity contribution in [3.05, 3.63) is 29.8 Å². The number of benzene rings is 1. The summed E-state index contributed by atoms with van der Waals surface area (Å²) in [6.07, 6.45) is -0.827. The maximum atomic E-state index is 11.4. The molecule has 1 unspecified atom stereocenters. The Balaban J connectivity index is 3.20. The van der Waals surface area contributed by atoms with Gasteiger partial charge in [-0.25, -0.2) is 0 Å². The van der Waals surface area contributed by atoms with E-state index in [-0.39, 0.29) is 10.5 Å². The molecule has 0 aliphatic heterocycles. The molecule has 0 saturated heterocycles. The molecule has 0 heterocycles. The number of nitrogens with zero attached hydrogens (tertiary/aromatic N) is 2. The van der Waals surface area contributed by atoms with Gasteiger partial charge in [0.05, 0.1) is 13.6 Å². The third-order valence-electron chi connectivity index (χ3n) is 3.75. The van der Waals surface area contributed by atoms with Crippen molar-refractivity contribution in [2.24, 2.45) is 0 Å². The van der Waals surface area contributed by atoms with Crippen LogP contribution in [0.4, 0.5) is 10.5 Å². The molecule has 0 saturated carbocycles. The first kappa shape index (κ1) is 14.7. The van der Waals surface area contributed by atoms with E-state index in [1.165, 1.54) is 0 Å². The molecule has 2 atom stereocenters. The third-order valence-corrected chi connectivity index (χ3v) is 3.75. The lowest BCUT2D eigenvalue weighted by Crippen LogP contribution is -2.49. The molecule has 4 heteroatoms. The fourth-order valence-electron chi connectivity index (χ4n) is 1.82. The standard InChI is InChI=1S/C14H22N2O2/c1-6-16(5,14(17)18)13-9-7-8-12(10-13)11(2)15(3)4/h7-11H,6H2,1-5H3/p+1/t11?,16-/m1/s1. The summed E-state index contributed by atoms with van der Waals surface area (Å²) in [6.45, 7) is 4.52. The van der Waals surface area contributed by atoms with Gasteiger partial charge in [0, 0.05) is 12.1 Å². The van der Waals surface area contributed by atoms with E-state index >= 15 is 0 Å². The molecule has 1 aromatic carbocycles. The molecular weight excluding hydrogens is 228 g/mol. The maximum absolute atomic E-state index is 11.4. The smallest absolute Gasteiger partial charge is 0.435 e. The van der Waals surface area contributed by atoms with Crippen molar-refractivity contribution in [3.8, 4) is 0 Å². The summed E-state index contributed by atoms with van der Waals surface area (Å²) in [4.78, 5) is 13.5. The van der Waals surface area contributed by atoms with E-state index in [1.807, 2.05) is 45.3 Å². The Bertz CT molecular complexity index is 432. The van der Waals surface area contributed by atoms with E-state index in [2.05, 4.69) is 11.8 Å². The van der Waals surface area contributed by atoms with E-state index < -0.39 is 6.09 Å². The molecule has 1 aromatic rings. The summed E-state index contributed by atoms with van der Waals surface area (Å²) in [5.41, 5.74) is 1.95. The molecule has 1 amide bonds. The van der Waals surface area contributed by atoms with Gasteiger partial charge in [0.15, 0.2) is 0 Å². The van der Waals surface area contributed by atoms with Crippen LogP contribution in [0.2, 0.25) is 0 Å². The molecular formula is C14H23N2O2+. The first-order valence-electron chi connectivity index (χ1n) is 6.19. The fraction of sp³-hybridized carbons (Fsp3) is 0.500. The lowest BCUT2D eigenvalue weighted by Gasteiger charge is -2.27. The number of quaternary nitrogens is 1. The van der Waals surface area contributed by atoms with Gasteiger partial charge in [-0.3, -0.25) is 0 Å². The van der Waals surface area contributed by atoms with Gasteiger partial charge >= 0.3 is 6.09 Å². The molecule has 100 valence electrons. The summed E-state index contributed by atoms with van der Waals surface area (Å²) >= 11 is 0. The second kappa shape index (κ2) is 5.50. The summed E-state index contributed by atoms with van der Waals surface area (Å²) in [7, 11) is 5.76. The van der Waals surface area contributed by atoms with Crippen LogP contribution >= 0.6 is 0 Å². The minimum Gasteiger partial charge on any atom is -0.435 e. The van der Waals surface area contributed by atoms with Crippen molar-refractivity contribution in [1.82, 2.24) is 9.38 Å². The molecule has 0 aliphatic carbocycles. The molecule has 4 nitrogen and oxygen atoms in total. The van der Waals surface area contributed by atoms with Crippen molar-refractivity contribution in [2.45, 2.75) is 19.9 Å². The Kier molecular flexibility index (Phi) is 4.48. The molecule has 1 rings (SSSR count). The van der Waals surface area contributed by atoms with E-state index in [0.29, 0.717) is 6.54 Å². The average molecular weight is 251 g/mol.